The van der Waals surface area contributed by atoms with E-state index in [4.69, 9.17) is 9.72 Å². The van der Waals surface area contributed by atoms with E-state index in [-0.39, 0.29) is 24.7 Å². The van der Waals surface area contributed by atoms with E-state index in [9.17, 15) is 15.0 Å². The van der Waals surface area contributed by atoms with E-state index in [0.29, 0.717) is 54.9 Å². The van der Waals surface area contributed by atoms with Gasteiger partial charge in [-0.2, -0.15) is 0 Å². The number of amides is 1. The van der Waals surface area contributed by atoms with Gasteiger partial charge in [0, 0.05) is 31.2 Å². The lowest BCUT2D eigenvalue weighted by Gasteiger charge is -2.58. The third-order valence-electron chi connectivity index (χ3n) is 8.96. The molecule has 0 aromatic carbocycles. The monoisotopic (exact) mass is 456 g/mol. The van der Waals surface area contributed by atoms with Crippen molar-refractivity contribution in [1.82, 2.24) is 15.3 Å². The van der Waals surface area contributed by atoms with Gasteiger partial charge in [-0.3, -0.25) is 4.79 Å². The number of aromatic nitrogens is 2. The molecule has 7 rings (SSSR count). The zero-order valence-electron chi connectivity index (χ0n) is 19.3. The molecule has 3 N–H and O–H groups in total. The molecule has 8 heteroatoms. The molecule has 0 spiro atoms. The average Bonchev–Trinajstić information content (AvgIpc) is 3.35. The zero-order chi connectivity index (χ0) is 22.6. The predicted octanol–water partition coefficient (Wildman–Crippen LogP) is 2.00. The van der Waals surface area contributed by atoms with Crippen molar-refractivity contribution in [2.75, 3.05) is 31.2 Å². The maximum Gasteiger partial charge on any atom is 0.254 e. The summed E-state index contributed by atoms with van der Waals surface area (Å²) in [5, 5.41) is 23.8. The van der Waals surface area contributed by atoms with Crippen LogP contribution in [-0.4, -0.2) is 70.1 Å². The lowest BCUT2D eigenvalue weighted by atomic mass is 9.52. The molecule has 3 atom stereocenters. The molecule has 180 valence electrons. The molecule has 5 aliphatic carbocycles. The van der Waals surface area contributed by atoms with E-state index in [1.807, 2.05) is 0 Å². The molecular formula is C25H36N4O4. The van der Waals surface area contributed by atoms with Crippen LogP contribution in [0.4, 0.5) is 5.95 Å². The number of aliphatic hydroxyl groups is 2. The van der Waals surface area contributed by atoms with Gasteiger partial charge in [-0.05, 0) is 62.7 Å². The highest BCUT2D eigenvalue weighted by molar-refractivity contribution is 5.95. The number of nitrogens with zero attached hydrogens (tertiary/aromatic N) is 3. The number of nitrogens with one attached hydrogen (secondary N) is 1. The van der Waals surface area contributed by atoms with Gasteiger partial charge in [-0.25, -0.2) is 9.97 Å². The molecule has 1 aromatic heterocycles. The Morgan fingerprint density at radius 2 is 1.97 bits per heavy atom. The van der Waals surface area contributed by atoms with Crippen LogP contribution in [-0.2, 0) is 4.74 Å². The van der Waals surface area contributed by atoms with Crippen LogP contribution in [0, 0.1) is 17.8 Å². The molecule has 1 aliphatic heterocycles. The Balaban J connectivity index is 1.24. The number of aliphatic hydroxyl groups excluding tert-OH is 1. The van der Waals surface area contributed by atoms with Crippen molar-refractivity contribution in [1.29, 1.82) is 0 Å². The van der Waals surface area contributed by atoms with Crippen LogP contribution in [0.5, 0.6) is 0 Å². The first-order valence-electron chi connectivity index (χ1n) is 12.9. The second kappa shape index (κ2) is 8.47. The predicted molar refractivity (Wildman–Crippen MR) is 122 cm³/mol. The maximum atomic E-state index is 13.6. The summed E-state index contributed by atoms with van der Waals surface area (Å²) in [6, 6.07) is 0.148. The minimum atomic E-state index is -0.498. The van der Waals surface area contributed by atoms with Crippen molar-refractivity contribution >= 4 is 11.9 Å². The molecule has 0 radical (unpaired) electrons. The summed E-state index contributed by atoms with van der Waals surface area (Å²) in [5.74, 6) is 2.25. The molecule has 1 saturated heterocycles. The van der Waals surface area contributed by atoms with Crippen LogP contribution in [0.2, 0.25) is 0 Å². The summed E-state index contributed by atoms with van der Waals surface area (Å²) >= 11 is 0. The smallest absolute Gasteiger partial charge is 0.254 e. The Labute approximate surface area is 195 Å². The van der Waals surface area contributed by atoms with E-state index >= 15 is 0 Å². The summed E-state index contributed by atoms with van der Waals surface area (Å²) in [7, 11) is 0. The molecule has 6 fully saturated rings. The van der Waals surface area contributed by atoms with Crippen LogP contribution in [0.1, 0.15) is 79.8 Å². The van der Waals surface area contributed by atoms with Gasteiger partial charge in [0.1, 0.15) is 0 Å². The Kier molecular flexibility index (Phi) is 5.58. The summed E-state index contributed by atoms with van der Waals surface area (Å²) < 4.78 is 5.58. The van der Waals surface area contributed by atoms with Crippen LogP contribution in [0.25, 0.3) is 0 Å². The van der Waals surface area contributed by atoms with Crippen molar-refractivity contribution in [3.05, 3.63) is 17.5 Å². The van der Waals surface area contributed by atoms with Crippen molar-refractivity contribution in [2.24, 2.45) is 17.8 Å². The van der Waals surface area contributed by atoms with Crippen molar-refractivity contribution in [3.8, 4) is 0 Å². The normalized spacial score (nSPS) is 38.1. The third-order valence-corrected chi connectivity index (χ3v) is 8.96. The van der Waals surface area contributed by atoms with E-state index in [0.717, 1.165) is 50.6 Å². The zero-order valence-corrected chi connectivity index (χ0v) is 19.3. The van der Waals surface area contributed by atoms with Crippen molar-refractivity contribution in [2.45, 2.75) is 81.5 Å². The highest BCUT2D eigenvalue weighted by atomic mass is 16.5. The fourth-order valence-electron chi connectivity index (χ4n) is 7.68. The number of hydrogen-bond donors (Lipinski definition) is 3. The van der Waals surface area contributed by atoms with Crippen LogP contribution >= 0.6 is 0 Å². The Bertz CT molecular complexity index is 888. The van der Waals surface area contributed by atoms with Crippen molar-refractivity contribution < 1.29 is 19.7 Å². The fraction of sp³-hybridized carbons (Fsp3) is 0.800. The van der Waals surface area contributed by atoms with E-state index in [1.165, 1.54) is 12.8 Å². The molecule has 8 nitrogen and oxygen atoms in total. The Morgan fingerprint density at radius 1 is 1.21 bits per heavy atom. The second-order valence-electron chi connectivity index (χ2n) is 11.3. The van der Waals surface area contributed by atoms with Gasteiger partial charge in [-0.1, -0.05) is 12.8 Å². The summed E-state index contributed by atoms with van der Waals surface area (Å²) in [6.45, 7) is 1.75. The first kappa shape index (κ1) is 21.7. The lowest BCUT2D eigenvalue weighted by molar-refractivity contribution is -0.136. The molecule has 33 heavy (non-hydrogen) atoms. The Morgan fingerprint density at radius 3 is 2.67 bits per heavy atom. The van der Waals surface area contributed by atoms with E-state index < -0.39 is 5.60 Å². The minimum absolute atomic E-state index is 0.0217. The number of rotatable bonds is 5. The summed E-state index contributed by atoms with van der Waals surface area (Å²) in [5.41, 5.74) is 0.997. The molecule has 1 aromatic rings. The number of ether oxygens (including phenoxy) is 1. The van der Waals surface area contributed by atoms with Gasteiger partial charge in [0.15, 0.2) is 0 Å². The van der Waals surface area contributed by atoms with Gasteiger partial charge in [0.25, 0.3) is 5.91 Å². The Hall–Kier alpha value is -1.77. The number of hydrogen-bond acceptors (Lipinski definition) is 7. The summed E-state index contributed by atoms with van der Waals surface area (Å²) in [6.07, 6.45) is 10.8. The van der Waals surface area contributed by atoms with E-state index in [2.05, 4.69) is 15.2 Å². The lowest BCUT2D eigenvalue weighted by Crippen LogP contribution is -2.61. The largest absolute Gasteiger partial charge is 0.394 e. The van der Waals surface area contributed by atoms with Gasteiger partial charge in [0.05, 0.1) is 36.2 Å². The average molecular weight is 457 g/mol. The molecular weight excluding hydrogens is 420 g/mol. The molecule has 1 amide bonds. The maximum absolute atomic E-state index is 13.6. The molecule has 3 unspecified atom stereocenters. The number of anilines is 1. The molecule has 2 heterocycles. The molecule has 6 aliphatic rings. The highest BCUT2D eigenvalue weighted by Gasteiger charge is 2.55. The molecule has 4 bridgehead atoms. The fourth-order valence-corrected chi connectivity index (χ4v) is 7.68. The quantitative estimate of drug-likeness (QED) is 0.622. The second-order valence-corrected chi connectivity index (χ2v) is 11.3. The van der Waals surface area contributed by atoms with Gasteiger partial charge < -0.3 is 25.2 Å². The standard InChI is InChI=1S/C25H36N4O4/c30-14-19-13-29(5-6-33-19)24-26-12-20(22(28-24)16-3-1-2-4-16)23(31)27-21-17-7-15-8-18(21)11-25(32,9-15)10-17/h12,15-19,21,30,32H,1-11,13-14H2,(H,27,31). The van der Waals surface area contributed by atoms with Gasteiger partial charge >= 0.3 is 0 Å². The number of carbonyl (C=O) groups excluding carboxylic acids is 1. The number of morpholine rings is 1. The van der Waals surface area contributed by atoms with Crippen LogP contribution in [0.15, 0.2) is 6.20 Å². The van der Waals surface area contributed by atoms with E-state index in [1.54, 1.807) is 6.20 Å². The molecule has 5 saturated carbocycles. The minimum Gasteiger partial charge on any atom is -0.394 e. The SMILES string of the molecule is O=C(NC1C2CC3CC1CC(O)(C3)C2)c1cnc(N2CCOC(CO)C2)nc1C1CCCC1. The number of carbonyl (C=O) groups is 1. The van der Waals surface area contributed by atoms with Gasteiger partial charge in [0.2, 0.25) is 5.95 Å². The first-order valence-corrected chi connectivity index (χ1v) is 12.9. The van der Waals surface area contributed by atoms with Gasteiger partial charge in [-0.15, -0.1) is 0 Å². The topological polar surface area (TPSA) is 108 Å². The van der Waals surface area contributed by atoms with Crippen molar-refractivity contribution in [3.63, 3.8) is 0 Å². The van der Waals surface area contributed by atoms with Crippen LogP contribution < -0.4 is 10.2 Å². The highest BCUT2D eigenvalue weighted by Crippen LogP contribution is 2.55. The van der Waals surface area contributed by atoms with Crippen LogP contribution in [0.3, 0.4) is 0 Å². The summed E-state index contributed by atoms with van der Waals surface area (Å²) in [4.78, 5) is 25.2. The third kappa shape index (κ3) is 4.04. The first-order chi connectivity index (χ1) is 16.0.